The molecule has 1 N–H and O–H groups in total. The summed E-state index contributed by atoms with van der Waals surface area (Å²) in [5, 5.41) is 0.632. The van der Waals surface area contributed by atoms with E-state index in [1.54, 1.807) is 6.07 Å². The molecule has 0 unspecified atom stereocenters. The fourth-order valence-electron chi connectivity index (χ4n) is 0.948. The van der Waals surface area contributed by atoms with Crippen molar-refractivity contribution in [1.29, 1.82) is 0 Å². The highest BCUT2D eigenvalue weighted by Crippen LogP contribution is 2.16. The van der Waals surface area contributed by atoms with Gasteiger partial charge in [-0.05, 0) is 11.6 Å². The lowest BCUT2D eigenvalue weighted by Gasteiger charge is -2.17. The van der Waals surface area contributed by atoms with E-state index in [1.165, 1.54) is 0 Å². The van der Waals surface area contributed by atoms with Gasteiger partial charge in [0.05, 0.1) is 0 Å². The molecule has 0 saturated carbocycles. The summed E-state index contributed by atoms with van der Waals surface area (Å²) in [5.41, 5.74) is 2.79. The molecule has 4 heteroatoms. The van der Waals surface area contributed by atoms with Gasteiger partial charge in [-0.2, -0.15) is 0 Å². The number of hydroxylamine groups is 1. The van der Waals surface area contributed by atoms with Crippen molar-refractivity contribution in [2.24, 2.45) is 5.41 Å². The summed E-state index contributed by atoms with van der Waals surface area (Å²) >= 11 is 5.94. The Hall–Kier alpha value is -1.06. The second-order valence-electron chi connectivity index (χ2n) is 4.56. The lowest BCUT2D eigenvalue weighted by Crippen LogP contribution is -2.34. The zero-order valence-corrected chi connectivity index (χ0v) is 10.5. The van der Waals surface area contributed by atoms with Crippen molar-refractivity contribution < 1.29 is 9.63 Å². The van der Waals surface area contributed by atoms with Crippen molar-refractivity contribution in [3.05, 3.63) is 34.9 Å². The van der Waals surface area contributed by atoms with Gasteiger partial charge in [0, 0.05) is 10.4 Å². The van der Waals surface area contributed by atoms with Crippen LogP contribution >= 0.6 is 11.6 Å². The Labute approximate surface area is 101 Å². The largest absolute Gasteiger partial charge is 0.272 e. The van der Waals surface area contributed by atoms with Crippen LogP contribution in [0.2, 0.25) is 5.02 Å². The van der Waals surface area contributed by atoms with Gasteiger partial charge in [-0.3, -0.25) is 9.63 Å². The second-order valence-corrected chi connectivity index (χ2v) is 4.97. The fourth-order valence-corrected chi connectivity index (χ4v) is 1.14. The van der Waals surface area contributed by atoms with E-state index in [9.17, 15) is 4.79 Å². The zero-order chi connectivity index (χ0) is 12.2. The van der Waals surface area contributed by atoms with E-state index in [-0.39, 0.29) is 12.5 Å². The van der Waals surface area contributed by atoms with Crippen LogP contribution in [-0.4, -0.2) is 5.91 Å². The molecule has 0 radical (unpaired) electrons. The van der Waals surface area contributed by atoms with Crippen molar-refractivity contribution in [1.82, 2.24) is 5.48 Å². The lowest BCUT2D eigenvalue weighted by atomic mass is 9.96. The third kappa shape index (κ3) is 3.83. The van der Waals surface area contributed by atoms with E-state index >= 15 is 0 Å². The van der Waals surface area contributed by atoms with Crippen LogP contribution in [-0.2, 0) is 16.2 Å². The molecular weight excluding hydrogens is 226 g/mol. The molecule has 1 aromatic carbocycles. The first-order valence-corrected chi connectivity index (χ1v) is 5.44. The minimum Gasteiger partial charge on any atom is -0.272 e. The molecule has 0 spiro atoms. The molecule has 1 amide bonds. The molecule has 0 saturated heterocycles. The van der Waals surface area contributed by atoms with Crippen molar-refractivity contribution in [2.75, 3.05) is 0 Å². The minimum absolute atomic E-state index is 0.153. The predicted octanol–water partition coefficient (Wildman–Crippen LogP) is 2.93. The standard InChI is InChI=1S/C12H16ClNO2/c1-12(2,3)11(15)14-16-8-9-6-4-5-7-10(9)13/h4-7H,8H2,1-3H3,(H,14,15). The molecule has 16 heavy (non-hydrogen) atoms. The third-order valence-corrected chi connectivity index (χ3v) is 2.40. The molecule has 0 atom stereocenters. The van der Waals surface area contributed by atoms with Crippen molar-refractivity contribution >= 4 is 17.5 Å². The minimum atomic E-state index is -0.458. The van der Waals surface area contributed by atoms with Crippen molar-refractivity contribution in [3.8, 4) is 0 Å². The van der Waals surface area contributed by atoms with Gasteiger partial charge in [0.1, 0.15) is 6.61 Å². The van der Waals surface area contributed by atoms with Crippen LogP contribution in [0.4, 0.5) is 0 Å². The Morgan fingerprint density at radius 3 is 2.56 bits per heavy atom. The normalized spacial score (nSPS) is 11.2. The smallest absolute Gasteiger partial charge is 0.248 e. The van der Waals surface area contributed by atoms with Crippen LogP contribution in [0.25, 0.3) is 0 Å². The quantitative estimate of drug-likeness (QED) is 0.827. The maximum atomic E-state index is 11.5. The molecule has 1 rings (SSSR count). The van der Waals surface area contributed by atoms with Crippen LogP contribution < -0.4 is 5.48 Å². The fraction of sp³-hybridized carbons (Fsp3) is 0.417. The molecule has 0 heterocycles. The molecule has 1 aromatic rings. The Balaban J connectivity index is 2.43. The average Bonchev–Trinajstić information content (AvgIpc) is 2.19. The van der Waals surface area contributed by atoms with Gasteiger partial charge in [0.2, 0.25) is 5.91 Å². The SMILES string of the molecule is CC(C)(C)C(=O)NOCc1ccccc1Cl. The maximum Gasteiger partial charge on any atom is 0.248 e. The van der Waals surface area contributed by atoms with Crippen LogP contribution in [0.15, 0.2) is 24.3 Å². The zero-order valence-electron chi connectivity index (χ0n) is 9.71. The average molecular weight is 242 g/mol. The summed E-state index contributed by atoms with van der Waals surface area (Å²) in [6.45, 7) is 5.73. The van der Waals surface area contributed by atoms with Gasteiger partial charge < -0.3 is 0 Å². The lowest BCUT2D eigenvalue weighted by molar-refractivity contribution is -0.142. The van der Waals surface area contributed by atoms with Crippen LogP contribution in [0.5, 0.6) is 0 Å². The number of benzene rings is 1. The number of amides is 1. The number of nitrogens with one attached hydrogen (secondary N) is 1. The van der Waals surface area contributed by atoms with Gasteiger partial charge in [-0.15, -0.1) is 0 Å². The van der Waals surface area contributed by atoms with Crippen molar-refractivity contribution in [3.63, 3.8) is 0 Å². The van der Waals surface area contributed by atoms with E-state index in [0.29, 0.717) is 5.02 Å². The molecule has 0 fully saturated rings. The Morgan fingerprint density at radius 2 is 2.00 bits per heavy atom. The Bertz CT molecular complexity index is 372. The molecule has 0 aliphatic rings. The molecule has 88 valence electrons. The highest BCUT2D eigenvalue weighted by Gasteiger charge is 2.21. The third-order valence-electron chi connectivity index (χ3n) is 2.03. The van der Waals surface area contributed by atoms with Gasteiger partial charge in [-0.25, -0.2) is 5.48 Å². The number of carbonyl (C=O) groups is 1. The highest BCUT2D eigenvalue weighted by molar-refractivity contribution is 6.31. The van der Waals surface area contributed by atoms with Gasteiger partial charge in [0.15, 0.2) is 0 Å². The summed E-state index contributed by atoms with van der Waals surface area (Å²) in [5.74, 6) is -0.153. The first-order chi connectivity index (χ1) is 7.41. The number of rotatable bonds is 3. The summed E-state index contributed by atoms with van der Waals surface area (Å²) in [6.07, 6.45) is 0. The maximum absolute atomic E-state index is 11.5. The molecule has 0 bridgehead atoms. The summed E-state index contributed by atoms with van der Waals surface area (Å²) in [7, 11) is 0. The van der Waals surface area contributed by atoms with Crippen molar-refractivity contribution in [2.45, 2.75) is 27.4 Å². The van der Waals surface area contributed by atoms with Crippen LogP contribution in [0.1, 0.15) is 26.3 Å². The van der Waals surface area contributed by atoms with Gasteiger partial charge >= 0.3 is 0 Å². The van der Waals surface area contributed by atoms with E-state index in [4.69, 9.17) is 16.4 Å². The number of hydrogen-bond donors (Lipinski definition) is 1. The Morgan fingerprint density at radius 1 is 1.38 bits per heavy atom. The first kappa shape index (κ1) is 13.0. The topological polar surface area (TPSA) is 38.3 Å². The second kappa shape index (κ2) is 5.32. The molecule has 0 aliphatic heterocycles. The van der Waals surface area contributed by atoms with Gasteiger partial charge in [0.25, 0.3) is 0 Å². The van der Waals surface area contributed by atoms with E-state index in [0.717, 1.165) is 5.56 Å². The number of halogens is 1. The van der Waals surface area contributed by atoms with Crippen LogP contribution in [0.3, 0.4) is 0 Å². The monoisotopic (exact) mass is 241 g/mol. The first-order valence-electron chi connectivity index (χ1n) is 5.07. The van der Waals surface area contributed by atoms with E-state index in [2.05, 4.69) is 5.48 Å². The number of carbonyl (C=O) groups excluding carboxylic acids is 1. The van der Waals surface area contributed by atoms with Crippen LogP contribution in [0, 0.1) is 5.41 Å². The summed E-state index contributed by atoms with van der Waals surface area (Å²) < 4.78 is 0. The highest BCUT2D eigenvalue weighted by atomic mass is 35.5. The summed E-state index contributed by atoms with van der Waals surface area (Å²) in [6, 6.07) is 7.35. The molecule has 0 aromatic heterocycles. The molecular formula is C12H16ClNO2. The summed E-state index contributed by atoms with van der Waals surface area (Å²) in [4.78, 5) is 16.6. The number of hydrogen-bond acceptors (Lipinski definition) is 2. The van der Waals surface area contributed by atoms with E-state index < -0.39 is 5.41 Å². The Kier molecular flexibility index (Phi) is 4.33. The molecule has 0 aliphatic carbocycles. The molecule has 3 nitrogen and oxygen atoms in total. The van der Waals surface area contributed by atoms with Gasteiger partial charge in [-0.1, -0.05) is 50.6 Å². The van der Waals surface area contributed by atoms with E-state index in [1.807, 2.05) is 39.0 Å². The predicted molar refractivity (Wildman–Crippen MR) is 63.8 cm³/mol.